The SMILES string of the molecule is CSc1ccc(S(=O)(=O)NCCSCc2ccccc2C)cc1. The van der Waals surface area contributed by atoms with Crippen molar-refractivity contribution in [2.75, 3.05) is 18.6 Å². The molecule has 0 amide bonds. The number of hydrogen-bond donors (Lipinski definition) is 1. The summed E-state index contributed by atoms with van der Waals surface area (Å²) < 4.78 is 27.0. The fourth-order valence-corrected chi connectivity index (χ4v) is 4.54. The standard InChI is InChI=1S/C17H21NO2S3/c1-14-5-3-4-6-15(14)13-22-12-11-18-23(19,20)17-9-7-16(21-2)8-10-17/h3-10,18H,11-13H2,1-2H3. The molecule has 0 unspecified atom stereocenters. The molecule has 0 aliphatic carbocycles. The molecule has 0 saturated carbocycles. The van der Waals surface area contributed by atoms with Gasteiger partial charge in [0.05, 0.1) is 4.90 Å². The van der Waals surface area contributed by atoms with Crippen molar-refractivity contribution >= 4 is 33.5 Å². The minimum absolute atomic E-state index is 0.319. The predicted molar refractivity (Wildman–Crippen MR) is 101 cm³/mol. The number of benzene rings is 2. The average Bonchev–Trinajstić information content (AvgIpc) is 2.56. The molecule has 0 atom stereocenters. The Kier molecular flexibility index (Phi) is 7.02. The summed E-state index contributed by atoms with van der Waals surface area (Å²) in [6, 6.07) is 15.2. The third kappa shape index (κ3) is 5.57. The van der Waals surface area contributed by atoms with Crippen molar-refractivity contribution < 1.29 is 8.42 Å². The van der Waals surface area contributed by atoms with Gasteiger partial charge >= 0.3 is 0 Å². The van der Waals surface area contributed by atoms with Crippen molar-refractivity contribution in [3.63, 3.8) is 0 Å². The Labute approximate surface area is 147 Å². The van der Waals surface area contributed by atoms with Crippen molar-refractivity contribution in [2.45, 2.75) is 22.5 Å². The molecule has 0 aliphatic rings. The van der Waals surface area contributed by atoms with Gasteiger partial charge < -0.3 is 0 Å². The van der Waals surface area contributed by atoms with E-state index in [1.54, 1.807) is 35.7 Å². The Morgan fingerprint density at radius 1 is 1.04 bits per heavy atom. The quantitative estimate of drug-likeness (QED) is 0.567. The normalized spacial score (nSPS) is 11.6. The number of nitrogens with one attached hydrogen (secondary N) is 1. The van der Waals surface area contributed by atoms with Gasteiger partial charge in [0, 0.05) is 22.9 Å². The third-order valence-corrected chi connectivity index (χ3v) is 6.66. The van der Waals surface area contributed by atoms with E-state index in [-0.39, 0.29) is 0 Å². The molecule has 0 aromatic heterocycles. The number of thioether (sulfide) groups is 2. The van der Waals surface area contributed by atoms with Gasteiger partial charge in [0.25, 0.3) is 0 Å². The highest BCUT2D eigenvalue weighted by molar-refractivity contribution is 7.98. The topological polar surface area (TPSA) is 46.2 Å². The van der Waals surface area contributed by atoms with Crippen LogP contribution in [-0.4, -0.2) is 27.0 Å². The molecule has 6 heteroatoms. The van der Waals surface area contributed by atoms with E-state index in [1.165, 1.54) is 11.1 Å². The van der Waals surface area contributed by atoms with Crippen molar-refractivity contribution in [1.29, 1.82) is 0 Å². The molecule has 2 aromatic carbocycles. The molecule has 3 nitrogen and oxygen atoms in total. The molecular formula is C17H21NO2S3. The predicted octanol–water partition coefficient (Wildman–Crippen LogP) is 3.93. The van der Waals surface area contributed by atoms with Crippen LogP contribution in [-0.2, 0) is 15.8 Å². The van der Waals surface area contributed by atoms with E-state index in [0.29, 0.717) is 11.4 Å². The van der Waals surface area contributed by atoms with E-state index in [9.17, 15) is 8.42 Å². The van der Waals surface area contributed by atoms with Gasteiger partial charge in [-0.25, -0.2) is 13.1 Å². The van der Waals surface area contributed by atoms with E-state index >= 15 is 0 Å². The second kappa shape index (κ2) is 8.78. The zero-order valence-electron chi connectivity index (χ0n) is 13.3. The van der Waals surface area contributed by atoms with Crippen LogP contribution in [0.25, 0.3) is 0 Å². The molecule has 2 rings (SSSR count). The lowest BCUT2D eigenvalue weighted by Crippen LogP contribution is -2.26. The molecule has 0 spiro atoms. The molecule has 0 bridgehead atoms. The lowest BCUT2D eigenvalue weighted by molar-refractivity contribution is 0.584. The van der Waals surface area contributed by atoms with Gasteiger partial charge in [0.2, 0.25) is 10.0 Å². The van der Waals surface area contributed by atoms with Gasteiger partial charge in [-0.2, -0.15) is 11.8 Å². The van der Waals surface area contributed by atoms with Gasteiger partial charge in [-0.3, -0.25) is 0 Å². The van der Waals surface area contributed by atoms with Crippen LogP contribution < -0.4 is 4.72 Å². The minimum Gasteiger partial charge on any atom is -0.210 e. The van der Waals surface area contributed by atoms with Crippen molar-refractivity contribution in [1.82, 2.24) is 4.72 Å². The van der Waals surface area contributed by atoms with Crippen molar-refractivity contribution in [3.8, 4) is 0 Å². The highest BCUT2D eigenvalue weighted by Crippen LogP contribution is 2.18. The zero-order valence-corrected chi connectivity index (χ0v) is 15.7. The van der Waals surface area contributed by atoms with E-state index < -0.39 is 10.0 Å². The summed E-state index contributed by atoms with van der Waals surface area (Å²) >= 11 is 3.33. The summed E-state index contributed by atoms with van der Waals surface area (Å²) in [4.78, 5) is 1.37. The van der Waals surface area contributed by atoms with E-state index in [1.807, 2.05) is 30.5 Å². The molecule has 0 aliphatic heterocycles. The van der Waals surface area contributed by atoms with E-state index in [0.717, 1.165) is 16.4 Å². The van der Waals surface area contributed by atoms with E-state index in [4.69, 9.17) is 0 Å². The monoisotopic (exact) mass is 367 g/mol. The molecular weight excluding hydrogens is 346 g/mol. The van der Waals surface area contributed by atoms with Crippen LogP contribution in [0.2, 0.25) is 0 Å². The van der Waals surface area contributed by atoms with Gasteiger partial charge in [-0.1, -0.05) is 24.3 Å². The first-order valence-corrected chi connectivity index (χ1v) is 11.1. The highest BCUT2D eigenvalue weighted by Gasteiger charge is 2.12. The van der Waals surface area contributed by atoms with E-state index in [2.05, 4.69) is 23.8 Å². The summed E-state index contributed by atoms with van der Waals surface area (Å²) in [6.45, 7) is 2.53. The first-order chi connectivity index (χ1) is 11.0. The molecule has 0 fully saturated rings. The number of rotatable bonds is 8. The average molecular weight is 368 g/mol. The molecule has 0 saturated heterocycles. The fraction of sp³-hybridized carbons (Fsp3) is 0.294. The molecule has 1 N–H and O–H groups in total. The summed E-state index contributed by atoms with van der Waals surface area (Å²) in [6.07, 6.45) is 1.97. The lowest BCUT2D eigenvalue weighted by Gasteiger charge is -2.08. The van der Waals surface area contributed by atoms with Crippen LogP contribution in [0.3, 0.4) is 0 Å². The maximum atomic E-state index is 12.2. The second-order valence-electron chi connectivity index (χ2n) is 5.05. The van der Waals surface area contributed by atoms with Crippen LogP contribution >= 0.6 is 23.5 Å². The smallest absolute Gasteiger partial charge is 0.210 e. The number of sulfonamides is 1. The maximum absolute atomic E-state index is 12.2. The summed E-state index contributed by atoms with van der Waals surface area (Å²) in [5.41, 5.74) is 2.57. The van der Waals surface area contributed by atoms with Crippen LogP contribution in [0.15, 0.2) is 58.3 Å². The Bertz CT molecular complexity index is 728. The van der Waals surface area contributed by atoms with Crippen LogP contribution in [0.4, 0.5) is 0 Å². The fourth-order valence-electron chi connectivity index (χ4n) is 2.04. The van der Waals surface area contributed by atoms with Gasteiger partial charge in [0.1, 0.15) is 0 Å². The lowest BCUT2D eigenvalue weighted by atomic mass is 10.1. The van der Waals surface area contributed by atoms with Crippen LogP contribution in [0.5, 0.6) is 0 Å². The summed E-state index contributed by atoms with van der Waals surface area (Å²) in [5, 5.41) is 0. The third-order valence-electron chi connectivity index (χ3n) is 3.43. The molecule has 0 heterocycles. The largest absolute Gasteiger partial charge is 0.240 e. The Hall–Kier alpha value is -0.950. The Morgan fingerprint density at radius 3 is 2.39 bits per heavy atom. The number of hydrogen-bond acceptors (Lipinski definition) is 4. The maximum Gasteiger partial charge on any atom is 0.240 e. The zero-order chi connectivity index (χ0) is 16.7. The molecule has 124 valence electrons. The highest BCUT2D eigenvalue weighted by atomic mass is 32.2. The first kappa shape index (κ1) is 18.4. The summed E-state index contributed by atoms with van der Waals surface area (Å²) in [7, 11) is -3.41. The second-order valence-corrected chi connectivity index (χ2v) is 8.80. The van der Waals surface area contributed by atoms with Crippen molar-refractivity contribution in [2.24, 2.45) is 0 Å². The van der Waals surface area contributed by atoms with Crippen molar-refractivity contribution in [3.05, 3.63) is 59.7 Å². The Balaban J connectivity index is 1.79. The van der Waals surface area contributed by atoms with Gasteiger partial charge in [-0.05, 0) is 48.6 Å². The van der Waals surface area contributed by atoms with Crippen LogP contribution in [0.1, 0.15) is 11.1 Å². The number of aryl methyl sites for hydroxylation is 1. The van der Waals surface area contributed by atoms with Crippen LogP contribution in [0, 0.1) is 6.92 Å². The van der Waals surface area contributed by atoms with Gasteiger partial charge in [0.15, 0.2) is 0 Å². The Morgan fingerprint density at radius 2 is 1.74 bits per heavy atom. The van der Waals surface area contributed by atoms with Gasteiger partial charge in [-0.15, -0.1) is 11.8 Å². The molecule has 0 radical (unpaired) electrons. The first-order valence-electron chi connectivity index (χ1n) is 7.29. The minimum atomic E-state index is -3.41. The summed E-state index contributed by atoms with van der Waals surface area (Å²) in [5.74, 6) is 1.65. The molecule has 23 heavy (non-hydrogen) atoms. The molecule has 2 aromatic rings.